The van der Waals surface area contributed by atoms with Crippen molar-refractivity contribution in [2.24, 2.45) is 0 Å². The first-order chi connectivity index (χ1) is 8.88. The summed E-state index contributed by atoms with van der Waals surface area (Å²) in [5, 5.41) is 0. The van der Waals surface area contributed by atoms with E-state index >= 15 is 0 Å². The van der Waals surface area contributed by atoms with Crippen LogP contribution in [0.5, 0.6) is 11.5 Å². The van der Waals surface area contributed by atoms with Gasteiger partial charge in [0, 0.05) is 0 Å². The van der Waals surface area contributed by atoms with Crippen molar-refractivity contribution in [2.75, 3.05) is 13.2 Å². The van der Waals surface area contributed by atoms with Gasteiger partial charge in [-0.3, -0.25) is 0 Å². The lowest BCUT2D eigenvalue weighted by molar-refractivity contribution is 0.259. The Hall–Kier alpha value is -0.700. The molecule has 0 atom stereocenters. The van der Waals surface area contributed by atoms with Gasteiger partial charge in [0.1, 0.15) is 0 Å². The van der Waals surface area contributed by atoms with E-state index in [1.54, 1.807) is 0 Å². The van der Waals surface area contributed by atoms with E-state index in [4.69, 9.17) is 9.47 Å². The van der Waals surface area contributed by atoms with Crippen molar-refractivity contribution in [1.29, 1.82) is 0 Å². The number of benzene rings is 1. The van der Waals surface area contributed by atoms with Gasteiger partial charge in [-0.25, -0.2) is 0 Å². The van der Waals surface area contributed by atoms with Gasteiger partial charge in [0.25, 0.3) is 0 Å². The largest absolute Gasteiger partial charge is 0.490 e. The van der Waals surface area contributed by atoms with Gasteiger partial charge < -0.3 is 9.47 Å². The number of para-hydroxylation sites is 2. The van der Waals surface area contributed by atoms with Crippen molar-refractivity contribution >= 4 is 17.0 Å². The molecule has 2 nitrogen and oxygen atoms in total. The summed E-state index contributed by atoms with van der Waals surface area (Å²) in [6, 6.07) is 7.96. The lowest BCUT2D eigenvalue weighted by Gasteiger charge is -2.12. The second-order valence-electron chi connectivity index (χ2n) is 4.56. The maximum absolute atomic E-state index is 5.77. The molecule has 0 aliphatic rings. The van der Waals surface area contributed by atoms with Gasteiger partial charge in [-0.1, -0.05) is 51.7 Å². The van der Waals surface area contributed by atoms with Gasteiger partial charge in [-0.05, 0) is 25.0 Å². The van der Waals surface area contributed by atoms with E-state index in [0.717, 1.165) is 37.6 Å². The molecule has 0 bridgehead atoms. The van der Waals surface area contributed by atoms with Gasteiger partial charge >= 0.3 is 0 Å². The molecule has 0 aliphatic heterocycles. The molecule has 1 aromatic carbocycles. The summed E-state index contributed by atoms with van der Waals surface area (Å²) in [6.45, 7) is 5.96. The van der Waals surface area contributed by atoms with Crippen LogP contribution in [0.15, 0.2) is 24.3 Å². The van der Waals surface area contributed by atoms with Crippen LogP contribution >= 0.6 is 17.0 Å². The van der Waals surface area contributed by atoms with Crippen LogP contribution in [0.3, 0.4) is 0 Å². The van der Waals surface area contributed by atoms with E-state index in [-0.39, 0.29) is 17.0 Å². The molecular formula is C16H27BrO2. The molecule has 110 valence electrons. The molecular weight excluding hydrogens is 304 g/mol. The fourth-order valence-corrected chi connectivity index (χ4v) is 1.76. The van der Waals surface area contributed by atoms with Crippen LogP contribution in [-0.2, 0) is 0 Å². The van der Waals surface area contributed by atoms with Crippen molar-refractivity contribution in [3.05, 3.63) is 24.3 Å². The Morgan fingerprint density at radius 2 is 1.16 bits per heavy atom. The third kappa shape index (κ3) is 8.14. The standard InChI is InChI=1S/C16H26O2.BrH/c1-3-5-9-13-17-15-11-7-8-12-16(15)18-14-10-6-4-2;/h7-8,11-12H,3-6,9-10,13-14H2,1-2H3;1H. The molecule has 0 aromatic heterocycles. The zero-order valence-corrected chi connectivity index (χ0v) is 13.9. The van der Waals surface area contributed by atoms with Gasteiger partial charge in [0.15, 0.2) is 11.5 Å². The Bertz CT molecular complexity index is 284. The molecule has 3 heteroatoms. The number of unbranched alkanes of at least 4 members (excludes halogenated alkanes) is 4. The predicted octanol–water partition coefficient (Wildman–Crippen LogP) is 5.40. The third-order valence-electron chi connectivity index (χ3n) is 2.86. The molecule has 0 heterocycles. The van der Waals surface area contributed by atoms with Gasteiger partial charge in [0.2, 0.25) is 0 Å². The van der Waals surface area contributed by atoms with E-state index in [2.05, 4.69) is 13.8 Å². The Kier molecular flexibility index (Phi) is 11.9. The molecule has 0 radical (unpaired) electrons. The van der Waals surface area contributed by atoms with Crippen molar-refractivity contribution in [3.8, 4) is 11.5 Å². The summed E-state index contributed by atoms with van der Waals surface area (Å²) in [5.74, 6) is 1.76. The molecule has 1 aromatic rings. The van der Waals surface area contributed by atoms with Crippen LogP contribution in [0.25, 0.3) is 0 Å². The summed E-state index contributed by atoms with van der Waals surface area (Å²) in [7, 11) is 0. The number of halogens is 1. The molecule has 0 saturated heterocycles. The van der Waals surface area contributed by atoms with Crippen LogP contribution in [0.1, 0.15) is 52.4 Å². The number of ether oxygens (including phenoxy) is 2. The lowest BCUT2D eigenvalue weighted by Crippen LogP contribution is -2.02. The summed E-state index contributed by atoms with van der Waals surface area (Å²) < 4.78 is 11.5. The summed E-state index contributed by atoms with van der Waals surface area (Å²) >= 11 is 0. The summed E-state index contributed by atoms with van der Waals surface area (Å²) in [5.41, 5.74) is 0. The quantitative estimate of drug-likeness (QED) is 0.534. The fraction of sp³-hybridized carbons (Fsp3) is 0.625. The van der Waals surface area contributed by atoms with E-state index in [0.29, 0.717) is 0 Å². The topological polar surface area (TPSA) is 18.5 Å². The van der Waals surface area contributed by atoms with Crippen LogP contribution in [0.2, 0.25) is 0 Å². The minimum atomic E-state index is 0. The smallest absolute Gasteiger partial charge is 0.161 e. The Morgan fingerprint density at radius 1 is 0.737 bits per heavy atom. The minimum Gasteiger partial charge on any atom is -0.490 e. The highest BCUT2D eigenvalue weighted by Crippen LogP contribution is 2.26. The molecule has 0 amide bonds. The van der Waals surface area contributed by atoms with Crippen molar-refractivity contribution in [3.63, 3.8) is 0 Å². The molecule has 19 heavy (non-hydrogen) atoms. The Labute approximate surface area is 128 Å². The number of hydrogen-bond acceptors (Lipinski definition) is 2. The Morgan fingerprint density at radius 3 is 1.53 bits per heavy atom. The highest BCUT2D eigenvalue weighted by Gasteiger charge is 2.03. The molecule has 0 unspecified atom stereocenters. The van der Waals surface area contributed by atoms with Crippen molar-refractivity contribution in [1.82, 2.24) is 0 Å². The minimum absolute atomic E-state index is 0. The van der Waals surface area contributed by atoms with Crippen molar-refractivity contribution in [2.45, 2.75) is 52.4 Å². The average Bonchev–Trinajstić information content (AvgIpc) is 2.41. The van der Waals surface area contributed by atoms with Gasteiger partial charge in [0.05, 0.1) is 13.2 Å². The van der Waals surface area contributed by atoms with E-state index in [1.165, 1.54) is 25.7 Å². The first-order valence-corrected chi connectivity index (χ1v) is 7.23. The second-order valence-corrected chi connectivity index (χ2v) is 4.56. The van der Waals surface area contributed by atoms with Crippen LogP contribution < -0.4 is 9.47 Å². The second kappa shape index (κ2) is 12.3. The zero-order valence-electron chi connectivity index (χ0n) is 12.2. The van der Waals surface area contributed by atoms with Crippen LogP contribution in [0, 0.1) is 0 Å². The number of rotatable bonds is 10. The van der Waals surface area contributed by atoms with Gasteiger partial charge in [-0.15, -0.1) is 17.0 Å². The monoisotopic (exact) mass is 330 g/mol. The first kappa shape index (κ1) is 18.3. The highest BCUT2D eigenvalue weighted by atomic mass is 79.9. The third-order valence-corrected chi connectivity index (χ3v) is 2.86. The van der Waals surface area contributed by atoms with Crippen molar-refractivity contribution < 1.29 is 9.47 Å². The normalized spacial score (nSPS) is 9.79. The van der Waals surface area contributed by atoms with Crippen LogP contribution in [-0.4, -0.2) is 13.2 Å². The molecule has 0 fully saturated rings. The predicted molar refractivity (Wildman–Crippen MR) is 86.8 cm³/mol. The fourth-order valence-electron chi connectivity index (χ4n) is 1.76. The maximum atomic E-state index is 5.77. The summed E-state index contributed by atoms with van der Waals surface area (Å²) in [6.07, 6.45) is 7.11. The first-order valence-electron chi connectivity index (χ1n) is 7.23. The summed E-state index contributed by atoms with van der Waals surface area (Å²) in [4.78, 5) is 0. The van der Waals surface area contributed by atoms with Gasteiger partial charge in [-0.2, -0.15) is 0 Å². The Balaban J connectivity index is 0.00000324. The van der Waals surface area contributed by atoms with Crippen LogP contribution in [0.4, 0.5) is 0 Å². The lowest BCUT2D eigenvalue weighted by atomic mass is 10.2. The maximum Gasteiger partial charge on any atom is 0.161 e. The number of hydrogen-bond donors (Lipinski definition) is 0. The molecule has 0 spiro atoms. The molecule has 0 aliphatic carbocycles. The highest BCUT2D eigenvalue weighted by molar-refractivity contribution is 8.93. The average molecular weight is 331 g/mol. The molecule has 0 saturated carbocycles. The van der Waals surface area contributed by atoms with E-state index < -0.39 is 0 Å². The molecule has 1 rings (SSSR count). The van der Waals surface area contributed by atoms with E-state index in [9.17, 15) is 0 Å². The SMILES string of the molecule is Br.CCCCCOc1ccccc1OCCCCC. The van der Waals surface area contributed by atoms with E-state index in [1.807, 2.05) is 24.3 Å². The zero-order chi connectivity index (χ0) is 13.1. The molecule has 0 N–H and O–H groups in total.